The number of hydrogen-bond donors (Lipinski definition) is 2. The van der Waals surface area contributed by atoms with Crippen LogP contribution in [0.1, 0.15) is 26.3 Å². The van der Waals surface area contributed by atoms with Gasteiger partial charge >= 0.3 is 0 Å². The van der Waals surface area contributed by atoms with Crippen molar-refractivity contribution in [2.75, 3.05) is 52.4 Å². The van der Waals surface area contributed by atoms with Crippen molar-refractivity contribution in [1.82, 2.24) is 20.4 Å². The summed E-state index contributed by atoms with van der Waals surface area (Å²) in [5, 5.41) is 6.59. The Hall–Kier alpha value is -0.930. The Bertz CT molecular complexity index is 561. The molecule has 27 heavy (non-hydrogen) atoms. The van der Waals surface area contributed by atoms with Gasteiger partial charge < -0.3 is 15.5 Å². The van der Waals surface area contributed by atoms with E-state index < -0.39 is 0 Å². The van der Waals surface area contributed by atoms with E-state index in [0.29, 0.717) is 19.0 Å². The summed E-state index contributed by atoms with van der Waals surface area (Å²) in [6.07, 6.45) is 0.644. The SMILES string of the molecule is CCNC(=NCC(C)N1CCN(CC)CC1)NCCc1ccccc1F.I. The summed E-state index contributed by atoms with van der Waals surface area (Å²) in [7, 11) is 0. The number of guanidine groups is 1. The van der Waals surface area contributed by atoms with Crippen molar-refractivity contribution < 1.29 is 4.39 Å². The second-order valence-corrected chi connectivity index (χ2v) is 6.81. The summed E-state index contributed by atoms with van der Waals surface area (Å²) in [5.74, 6) is 0.666. The first-order valence-corrected chi connectivity index (χ1v) is 9.86. The van der Waals surface area contributed by atoms with Gasteiger partial charge in [0.25, 0.3) is 0 Å². The van der Waals surface area contributed by atoms with Crippen LogP contribution in [0.25, 0.3) is 0 Å². The minimum Gasteiger partial charge on any atom is -0.357 e. The number of nitrogens with one attached hydrogen (secondary N) is 2. The van der Waals surface area contributed by atoms with Crippen LogP contribution in [0.3, 0.4) is 0 Å². The number of halogens is 2. The van der Waals surface area contributed by atoms with Gasteiger partial charge in [-0.25, -0.2) is 4.39 Å². The first-order valence-electron chi connectivity index (χ1n) is 9.86. The van der Waals surface area contributed by atoms with E-state index >= 15 is 0 Å². The van der Waals surface area contributed by atoms with E-state index in [9.17, 15) is 4.39 Å². The highest BCUT2D eigenvalue weighted by Gasteiger charge is 2.19. The topological polar surface area (TPSA) is 42.9 Å². The molecule has 0 aromatic heterocycles. The monoisotopic (exact) mass is 491 g/mol. The van der Waals surface area contributed by atoms with Crippen LogP contribution in [0.2, 0.25) is 0 Å². The lowest BCUT2D eigenvalue weighted by atomic mass is 10.1. The lowest BCUT2D eigenvalue weighted by Gasteiger charge is -2.37. The molecule has 0 spiro atoms. The Kier molecular flexibility index (Phi) is 11.9. The second-order valence-electron chi connectivity index (χ2n) is 6.81. The Balaban J connectivity index is 0.00000364. The molecular formula is C20H35FIN5. The molecule has 2 rings (SSSR count). The van der Waals surface area contributed by atoms with Crippen LogP contribution in [0.15, 0.2) is 29.3 Å². The van der Waals surface area contributed by atoms with Crippen LogP contribution in [-0.2, 0) is 6.42 Å². The highest BCUT2D eigenvalue weighted by Crippen LogP contribution is 2.07. The molecule has 1 fully saturated rings. The van der Waals surface area contributed by atoms with E-state index in [1.807, 2.05) is 12.1 Å². The summed E-state index contributed by atoms with van der Waals surface area (Å²) >= 11 is 0. The maximum Gasteiger partial charge on any atom is 0.191 e. The third kappa shape index (κ3) is 8.31. The zero-order chi connectivity index (χ0) is 18.8. The van der Waals surface area contributed by atoms with E-state index in [2.05, 4.69) is 41.2 Å². The lowest BCUT2D eigenvalue weighted by Crippen LogP contribution is -2.50. The average molecular weight is 491 g/mol. The fourth-order valence-corrected chi connectivity index (χ4v) is 3.22. The molecule has 0 bridgehead atoms. The molecular weight excluding hydrogens is 456 g/mol. The van der Waals surface area contributed by atoms with Crippen molar-refractivity contribution in [3.05, 3.63) is 35.6 Å². The van der Waals surface area contributed by atoms with E-state index in [0.717, 1.165) is 57.3 Å². The molecule has 0 amide bonds. The van der Waals surface area contributed by atoms with E-state index in [1.54, 1.807) is 6.07 Å². The molecule has 0 saturated carbocycles. The minimum atomic E-state index is -0.143. The number of piperazine rings is 1. The van der Waals surface area contributed by atoms with Crippen LogP contribution in [-0.4, -0.2) is 74.2 Å². The zero-order valence-electron chi connectivity index (χ0n) is 16.9. The van der Waals surface area contributed by atoms with E-state index in [-0.39, 0.29) is 29.8 Å². The first kappa shape index (κ1) is 24.1. The van der Waals surface area contributed by atoms with Crippen LogP contribution in [0, 0.1) is 5.82 Å². The maximum atomic E-state index is 13.7. The van der Waals surface area contributed by atoms with Gasteiger partial charge in [0.2, 0.25) is 0 Å². The molecule has 1 saturated heterocycles. The number of nitrogens with zero attached hydrogens (tertiary/aromatic N) is 3. The number of aliphatic imine (C=N–C) groups is 1. The van der Waals surface area contributed by atoms with Crippen molar-refractivity contribution in [3.63, 3.8) is 0 Å². The highest BCUT2D eigenvalue weighted by atomic mass is 127. The molecule has 1 heterocycles. The lowest BCUT2D eigenvalue weighted by molar-refractivity contribution is 0.109. The van der Waals surface area contributed by atoms with Gasteiger partial charge in [-0.3, -0.25) is 9.89 Å². The predicted octanol–water partition coefficient (Wildman–Crippen LogP) is 2.57. The zero-order valence-corrected chi connectivity index (χ0v) is 19.2. The largest absolute Gasteiger partial charge is 0.357 e. The van der Waals surface area contributed by atoms with Crippen molar-refractivity contribution >= 4 is 29.9 Å². The van der Waals surface area contributed by atoms with Crippen LogP contribution in [0.4, 0.5) is 4.39 Å². The molecule has 1 aliphatic heterocycles. The van der Waals surface area contributed by atoms with E-state index in [1.165, 1.54) is 6.07 Å². The number of hydrogen-bond acceptors (Lipinski definition) is 3. The Morgan fingerprint density at radius 3 is 2.48 bits per heavy atom. The van der Waals surface area contributed by atoms with Gasteiger partial charge in [-0.15, -0.1) is 24.0 Å². The van der Waals surface area contributed by atoms with Crippen molar-refractivity contribution in [3.8, 4) is 0 Å². The maximum absolute atomic E-state index is 13.7. The van der Waals surface area contributed by atoms with Crippen LogP contribution < -0.4 is 10.6 Å². The molecule has 0 radical (unpaired) electrons. The minimum absolute atomic E-state index is 0. The molecule has 0 aliphatic carbocycles. The molecule has 1 aromatic carbocycles. The summed E-state index contributed by atoms with van der Waals surface area (Å²) in [6.45, 7) is 14.4. The Morgan fingerprint density at radius 1 is 1.15 bits per heavy atom. The van der Waals surface area contributed by atoms with Crippen molar-refractivity contribution in [1.29, 1.82) is 0 Å². The van der Waals surface area contributed by atoms with Crippen molar-refractivity contribution in [2.24, 2.45) is 4.99 Å². The van der Waals surface area contributed by atoms with Gasteiger partial charge in [-0.1, -0.05) is 25.1 Å². The van der Waals surface area contributed by atoms with Gasteiger partial charge in [0.1, 0.15) is 5.82 Å². The molecule has 2 N–H and O–H groups in total. The second kappa shape index (κ2) is 13.3. The number of rotatable bonds is 8. The van der Waals surface area contributed by atoms with Gasteiger partial charge in [0.15, 0.2) is 5.96 Å². The molecule has 1 aliphatic rings. The molecule has 1 atom stereocenters. The molecule has 154 valence electrons. The van der Waals surface area contributed by atoms with Gasteiger partial charge in [0, 0.05) is 45.3 Å². The standard InChI is InChI=1S/C20H34FN5.HI/c1-4-22-20(23-11-10-18-8-6-7-9-19(18)21)24-16-17(3)26-14-12-25(5-2)13-15-26;/h6-9,17H,4-5,10-16H2,1-3H3,(H2,22,23,24);1H. The third-order valence-electron chi connectivity index (χ3n) is 4.98. The molecule has 1 unspecified atom stereocenters. The third-order valence-corrected chi connectivity index (χ3v) is 4.98. The first-order chi connectivity index (χ1) is 12.6. The summed E-state index contributed by atoms with van der Waals surface area (Å²) in [6, 6.07) is 7.36. The van der Waals surface area contributed by atoms with Gasteiger partial charge in [-0.2, -0.15) is 0 Å². The van der Waals surface area contributed by atoms with Gasteiger partial charge in [-0.05, 0) is 38.4 Å². The van der Waals surface area contributed by atoms with Crippen LogP contribution >= 0.6 is 24.0 Å². The van der Waals surface area contributed by atoms with Gasteiger partial charge in [0.05, 0.1) is 6.54 Å². The smallest absolute Gasteiger partial charge is 0.191 e. The average Bonchev–Trinajstić information content (AvgIpc) is 2.67. The molecule has 7 heteroatoms. The van der Waals surface area contributed by atoms with E-state index in [4.69, 9.17) is 4.99 Å². The summed E-state index contributed by atoms with van der Waals surface area (Å²) < 4.78 is 13.7. The predicted molar refractivity (Wildman–Crippen MR) is 123 cm³/mol. The van der Waals surface area contributed by atoms with Crippen molar-refractivity contribution in [2.45, 2.75) is 33.2 Å². The number of likely N-dealkylation sites (N-methyl/N-ethyl adjacent to an activating group) is 1. The molecule has 1 aromatic rings. The quantitative estimate of drug-likeness (QED) is 0.334. The highest BCUT2D eigenvalue weighted by molar-refractivity contribution is 14.0. The summed E-state index contributed by atoms with van der Waals surface area (Å²) in [5.41, 5.74) is 0.734. The summed E-state index contributed by atoms with van der Waals surface area (Å²) in [4.78, 5) is 9.73. The molecule has 5 nitrogen and oxygen atoms in total. The Morgan fingerprint density at radius 2 is 1.85 bits per heavy atom. The fraction of sp³-hybridized carbons (Fsp3) is 0.650. The number of benzene rings is 1. The normalized spacial score (nSPS) is 17.3. The fourth-order valence-electron chi connectivity index (χ4n) is 3.22. The Labute approximate surface area is 180 Å². The van der Waals surface area contributed by atoms with Crippen LogP contribution in [0.5, 0.6) is 0 Å².